The number of likely N-dealkylation sites (N-methyl/N-ethyl adjacent to an activating group) is 1. The number of hydrogen-bond donors (Lipinski definition) is 2. The van der Waals surface area contributed by atoms with Crippen LogP contribution in [0.3, 0.4) is 0 Å². The van der Waals surface area contributed by atoms with Gasteiger partial charge in [0, 0.05) is 50.8 Å². The van der Waals surface area contributed by atoms with Crippen molar-refractivity contribution in [2.24, 2.45) is 15.8 Å². The zero-order valence-electron chi connectivity index (χ0n) is 24.0. The molecule has 0 bridgehead atoms. The van der Waals surface area contributed by atoms with Crippen LogP contribution in [-0.2, 0) is 9.47 Å². The summed E-state index contributed by atoms with van der Waals surface area (Å²) in [7, 11) is 0. The van der Waals surface area contributed by atoms with Crippen LogP contribution in [0, 0.1) is 0 Å². The molecule has 214 valence electrons. The third-order valence-electron chi connectivity index (χ3n) is 5.54. The van der Waals surface area contributed by atoms with Crippen molar-refractivity contribution >= 4 is 17.6 Å². The highest BCUT2D eigenvalue weighted by Crippen LogP contribution is 2.20. The van der Waals surface area contributed by atoms with Crippen LogP contribution >= 0.6 is 0 Å². The number of halogens is 1. The second kappa shape index (κ2) is 16.7. The quantitative estimate of drug-likeness (QED) is 0.148. The van der Waals surface area contributed by atoms with E-state index in [9.17, 15) is 9.18 Å². The molecule has 10 nitrogen and oxygen atoms in total. The highest BCUT2D eigenvalue weighted by Gasteiger charge is 2.25. The minimum atomic E-state index is -0.653. The Bertz CT molecular complexity index is 922. The van der Waals surface area contributed by atoms with Gasteiger partial charge in [0.25, 0.3) is 0 Å². The number of aliphatic imine (C=N–C) groups is 2. The number of amidine groups is 1. The molecular weight excluding hydrogens is 489 g/mol. The summed E-state index contributed by atoms with van der Waals surface area (Å²) in [5.41, 5.74) is 3.54. The number of carbonyl (C=O) groups is 1. The van der Waals surface area contributed by atoms with Crippen LogP contribution in [0.15, 0.2) is 58.6 Å². The molecule has 0 aliphatic carbocycles. The summed E-state index contributed by atoms with van der Waals surface area (Å²) in [6.45, 7) is 18.9. The smallest absolute Gasteiger partial charge is 0.422 e. The topological polar surface area (TPSA) is 108 Å². The van der Waals surface area contributed by atoms with Crippen molar-refractivity contribution in [2.75, 3.05) is 39.5 Å². The Labute approximate surface area is 227 Å². The Hall–Kier alpha value is -3.02. The number of ether oxygens (including phenoxy) is 2. The first-order valence-corrected chi connectivity index (χ1v) is 13.0. The monoisotopic (exact) mass is 535 g/mol. The number of hydrogen-bond acceptors (Lipinski definition) is 9. The Morgan fingerprint density at radius 1 is 1.34 bits per heavy atom. The van der Waals surface area contributed by atoms with E-state index in [0.29, 0.717) is 62.2 Å². The van der Waals surface area contributed by atoms with Crippen LogP contribution in [0.2, 0.25) is 0 Å². The molecule has 1 heterocycles. The van der Waals surface area contributed by atoms with Gasteiger partial charge in [0.2, 0.25) is 0 Å². The zero-order valence-corrected chi connectivity index (χ0v) is 24.0. The largest absolute Gasteiger partial charge is 0.443 e. The number of carbonyl (C=O) groups excluding carboxylic acids is 1. The molecule has 38 heavy (non-hydrogen) atoms. The average molecular weight is 536 g/mol. The molecular formula is C27H46FN7O3. The molecule has 0 radical (unpaired) electrons. The lowest BCUT2D eigenvalue weighted by Gasteiger charge is -2.34. The van der Waals surface area contributed by atoms with Crippen LogP contribution in [0.1, 0.15) is 54.9 Å². The fourth-order valence-electron chi connectivity index (χ4n) is 3.77. The molecule has 0 fully saturated rings. The van der Waals surface area contributed by atoms with Crippen LogP contribution in [0.5, 0.6) is 0 Å². The normalized spacial score (nSPS) is 16.5. The maximum atomic E-state index is 13.7. The van der Waals surface area contributed by atoms with Gasteiger partial charge in [0.15, 0.2) is 0 Å². The standard InChI is InChI=1S/C27H46FN7O3/c1-9-30-23(14-18-33(10-2)32-26(36)38-27(6,7)8)22(13-17-28)21(5)34(11-3)24-15-19-35(29)25(31-24)16-20-37-12-4/h9,13,15-16,19,21H,1,10-12,14,17-18,20,29H2,2-8H3,(H,32,36)/b22-13-,25-16+,30-23-. The molecule has 1 rings (SSSR count). The van der Waals surface area contributed by atoms with Crippen molar-refractivity contribution in [3.05, 3.63) is 48.6 Å². The summed E-state index contributed by atoms with van der Waals surface area (Å²) in [6, 6.07) is -0.260. The van der Waals surface area contributed by atoms with Gasteiger partial charge in [0.1, 0.15) is 23.9 Å². The summed E-state index contributed by atoms with van der Waals surface area (Å²) >= 11 is 0. The van der Waals surface area contributed by atoms with Crippen molar-refractivity contribution < 1.29 is 18.7 Å². The molecule has 1 amide bonds. The van der Waals surface area contributed by atoms with Gasteiger partial charge in [-0.3, -0.25) is 15.4 Å². The van der Waals surface area contributed by atoms with E-state index < -0.39 is 18.4 Å². The predicted octanol–water partition coefficient (Wildman–Crippen LogP) is 4.31. The van der Waals surface area contributed by atoms with E-state index in [4.69, 9.17) is 20.3 Å². The van der Waals surface area contributed by atoms with Crippen molar-refractivity contribution in [3.8, 4) is 0 Å². The SMILES string of the molecule is C=C/N=C(CCN(CC)NC(=O)OC(C)(C)C)\C(=C/CF)C(C)N(CC)C1=N/C(=C\COCC)N(N)C=C1. The number of nitrogens with one attached hydrogen (secondary N) is 1. The number of rotatable bonds is 14. The van der Waals surface area contributed by atoms with Gasteiger partial charge in [-0.2, -0.15) is 0 Å². The van der Waals surface area contributed by atoms with Crippen molar-refractivity contribution in [1.29, 1.82) is 0 Å². The Morgan fingerprint density at radius 2 is 2.05 bits per heavy atom. The summed E-state index contributed by atoms with van der Waals surface area (Å²) in [5, 5.41) is 3.17. The Balaban J connectivity index is 3.15. The molecule has 0 saturated carbocycles. The summed E-state index contributed by atoms with van der Waals surface area (Å²) in [5.74, 6) is 7.30. The second-order valence-corrected chi connectivity index (χ2v) is 9.39. The minimum absolute atomic E-state index is 0.260. The summed E-state index contributed by atoms with van der Waals surface area (Å²) in [4.78, 5) is 23.5. The molecule has 0 spiro atoms. The van der Waals surface area contributed by atoms with Gasteiger partial charge in [-0.15, -0.1) is 0 Å². The van der Waals surface area contributed by atoms with Crippen LogP contribution < -0.4 is 11.3 Å². The van der Waals surface area contributed by atoms with Crippen LogP contribution in [-0.4, -0.2) is 83.7 Å². The molecule has 11 heteroatoms. The van der Waals surface area contributed by atoms with Crippen molar-refractivity contribution in [2.45, 2.75) is 66.5 Å². The van der Waals surface area contributed by atoms with Crippen LogP contribution in [0.4, 0.5) is 9.18 Å². The predicted molar refractivity (Wildman–Crippen MR) is 152 cm³/mol. The van der Waals surface area contributed by atoms with Crippen molar-refractivity contribution in [1.82, 2.24) is 20.3 Å². The van der Waals surface area contributed by atoms with E-state index in [2.05, 4.69) is 21.9 Å². The summed E-state index contributed by atoms with van der Waals surface area (Å²) < 4.78 is 24.5. The molecule has 1 aliphatic rings. The van der Waals surface area contributed by atoms with Gasteiger partial charge in [0.05, 0.1) is 12.6 Å². The fraction of sp³-hybridized carbons (Fsp3) is 0.593. The number of amides is 1. The lowest BCUT2D eigenvalue weighted by atomic mass is 9.98. The molecule has 0 aromatic carbocycles. The van der Waals surface area contributed by atoms with Gasteiger partial charge < -0.3 is 14.4 Å². The van der Waals surface area contributed by atoms with Crippen LogP contribution in [0.25, 0.3) is 0 Å². The van der Waals surface area contributed by atoms with E-state index in [1.807, 2.05) is 39.8 Å². The lowest BCUT2D eigenvalue weighted by molar-refractivity contribution is 0.0341. The van der Waals surface area contributed by atoms with E-state index in [1.165, 1.54) is 17.3 Å². The first kappa shape index (κ1) is 33.0. The molecule has 1 atom stereocenters. The highest BCUT2D eigenvalue weighted by atomic mass is 19.1. The van der Waals surface area contributed by atoms with Gasteiger partial charge >= 0.3 is 6.09 Å². The maximum Gasteiger partial charge on any atom is 0.422 e. The van der Waals surface area contributed by atoms with E-state index in [-0.39, 0.29) is 6.04 Å². The number of allylic oxidation sites excluding steroid dienone is 1. The maximum absolute atomic E-state index is 13.7. The molecule has 3 N–H and O–H groups in total. The Morgan fingerprint density at radius 3 is 2.61 bits per heavy atom. The van der Waals surface area contributed by atoms with E-state index in [0.717, 1.165) is 0 Å². The van der Waals surface area contributed by atoms with E-state index in [1.54, 1.807) is 32.0 Å². The zero-order chi connectivity index (χ0) is 28.7. The molecule has 0 aromatic rings. The number of nitrogens with two attached hydrogens (primary N) is 1. The van der Waals surface area contributed by atoms with E-state index >= 15 is 0 Å². The molecule has 1 unspecified atom stereocenters. The lowest BCUT2D eigenvalue weighted by Crippen LogP contribution is -2.46. The second-order valence-electron chi connectivity index (χ2n) is 9.39. The first-order valence-electron chi connectivity index (χ1n) is 13.0. The molecule has 0 saturated heterocycles. The molecule has 0 aromatic heterocycles. The van der Waals surface area contributed by atoms with Gasteiger partial charge in [-0.05, 0) is 65.3 Å². The van der Waals surface area contributed by atoms with Gasteiger partial charge in [-0.25, -0.2) is 25.0 Å². The molecule has 1 aliphatic heterocycles. The average Bonchev–Trinajstić information content (AvgIpc) is 2.85. The third-order valence-corrected chi connectivity index (χ3v) is 5.54. The fourth-order valence-corrected chi connectivity index (χ4v) is 3.77. The number of hydrazine groups is 2. The highest BCUT2D eigenvalue weighted by molar-refractivity contribution is 6.03. The first-order chi connectivity index (χ1) is 18.0. The number of alkyl halides is 1. The number of nitrogens with zero attached hydrogens (tertiary/aromatic N) is 5. The van der Waals surface area contributed by atoms with Gasteiger partial charge in [-0.1, -0.05) is 13.5 Å². The summed E-state index contributed by atoms with van der Waals surface area (Å²) in [6.07, 6.45) is 8.25. The van der Waals surface area contributed by atoms with Crippen molar-refractivity contribution in [3.63, 3.8) is 0 Å². The Kier molecular flexibility index (Phi) is 14.5. The third kappa shape index (κ3) is 11.2. The minimum Gasteiger partial charge on any atom is -0.443 e.